The van der Waals surface area contributed by atoms with Gasteiger partial charge in [-0.15, -0.1) is 0 Å². The molecule has 0 aromatic rings. The van der Waals surface area contributed by atoms with Gasteiger partial charge in [-0.2, -0.15) is 0 Å². The fourth-order valence-corrected chi connectivity index (χ4v) is 9.66. The summed E-state index contributed by atoms with van der Waals surface area (Å²) in [6, 6.07) is 0. The molecule has 4 aliphatic rings. The van der Waals surface area contributed by atoms with Crippen molar-refractivity contribution in [3.63, 3.8) is 0 Å². The number of ketones is 1. The molecular formula is C36H60O4. The first-order chi connectivity index (χ1) is 19.2. The van der Waals surface area contributed by atoms with E-state index in [2.05, 4.69) is 33.8 Å². The zero-order chi connectivity index (χ0) is 28.8. The lowest BCUT2D eigenvalue weighted by Crippen LogP contribution is -2.61. The van der Waals surface area contributed by atoms with Crippen LogP contribution in [-0.4, -0.2) is 29.1 Å². The number of unbranched alkanes of at least 4 members (excludes halogenated alkanes) is 12. The minimum atomic E-state index is -0.531. The van der Waals surface area contributed by atoms with E-state index in [-0.39, 0.29) is 34.2 Å². The predicted molar refractivity (Wildman–Crippen MR) is 163 cm³/mol. The number of ether oxygens (including phenoxy) is 1. The zero-order valence-corrected chi connectivity index (χ0v) is 26.4. The van der Waals surface area contributed by atoms with Crippen LogP contribution in [0.1, 0.15) is 163 Å². The van der Waals surface area contributed by atoms with Crippen molar-refractivity contribution in [2.24, 2.45) is 28.1 Å². The minimum absolute atomic E-state index is 0.0267. The van der Waals surface area contributed by atoms with Crippen LogP contribution >= 0.6 is 0 Å². The van der Waals surface area contributed by atoms with E-state index in [1.165, 1.54) is 76.2 Å². The van der Waals surface area contributed by atoms with E-state index in [9.17, 15) is 14.7 Å². The monoisotopic (exact) mass is 556 g/mol. The minimum Gasteiger partial charge on any atom is -0.462 e. The maximum atomic E-state index is 12.8. The van der Waals surface area contributed by atoms with E-state index in [0.29, 0.717) is 24.5 Å². The van der Waals surface area contributed by atoms with Gasteiger partial charge in [-0.1, -0.05) is 116 Å². The van der Waals surface area contributed by atoms with E-state index >= 15 is 0 Å². The Morgan fingerprint density at radius 2 is 1.38 bits per heavy atom. The Labute approximate surface area is 245 Å². The quantitative estimate of drug-likeness (QED) is 0.124. The maximum absolute atomic E-state index is 12.8. The van der Waals surface area contributed by atoms with Crippen LogP contribution in [-0.2, 0) is 14.3 Å². The van der Waals surface area contributed by atoms with Gasteiger partial charge in [0.05, 0.1) is 6.10 Å². The molecule has 0 radical (unpaired) electrons. The first-order valence-corrected chi connectivity index (χ1v) is 17.3. The molecule has 4 rings (SSSR count). The van der Waals surface area contributed by atoms with Crippen LogP contribution in [0.25, 0.3) is 0 Å². The predicted octanol–water partition coefficient (Wildman–Crippen LogP) is 9.27. The topological polar surface area (TPSA) is 63.6 Å². The molecule has 4 aliphatic carbocycles. The summed E-state index contributed by atoms with van der Waals surface area (Å²) >= 11 is 0. The summed E-state index contributed by atoms with van der Waals surface area (Å²) in [7, 11) is 0. The van der Waals surface area contributed by atoms with Crippen LogP contribution in [0, 0.1) is 28.1 Å². The zero-order valence-electron chi connectivity index (χ0n) is 26.4. The molecule has 0 bridgehead atoms. The Balaban J connectivity index is 1.16. The summed E-state index contributed by atoms with van der Waals surface area (Å²) in [6.07, 6.45) is 25.2. The Bertz CT molecular complexity index is 893. The molecular weight excluding hydrogens is 496 g/mol. The summed E-state index contributed by atoms with van der Waals surface area (Å²) in [5.41, 5.74) is 0.794. The summed E-state index contributed by atoms with van der Waals surface area (Å²) in [4.78, 5) is 25.5. The molecule has 1 N–H and O–H groups in total. The average Bonchev–Trinajstić information content (AvgIpc) is 3.23. The second-order valence-electron chi connectivity index (χ2n) is 14.8. The van der Waals surface area contributed by atoms with Crippen molar-refractivity contribution < 1.29 is 19.4 Å². The van der Waals surface area contributed by atoms with Gasteiger partial charge in [-0.05, 0) is 55.8 Å². The number of esters is 1. The van der Waals surface area contributed by atoms with Gasteiger partial charge in [0.25, 0.3) is 0 Å². The first kappa shape index (κ1) is 31.8. The molecule has 0 spiro atoms. The lowest BCUT2D eigenvalue weighted by molar-refractivity contribution is -0.164. The number of aliphatic hydroxyl groups excluding tert-OH is 1. The maximum Gasteiger partial charge on any atom is 0.306 e. The Hall–Kier alpha value is -1.16. The van der Waals surface area contributed by atoms with Crippen LogP contribution in [0.2, 0.25) is 0 Å². The number of hydrogen-bond acceptors (Lipinski definition) is 4. The third-order valence-corrected chi connectivity index (χ3v) is 12.2. The number of carbonyl (C=O) groups excluding carboxylic acids is 2. The first-order valence-electron chi connectivity index (χ1n) is 17.3. The molecule has 40 heavy (non-hydrogen) atoms. The Morgan fingerprint density at radius 1 is 0.825 bits per heavy atom. The van der Waals surface area contributed by atoms with E-state index in [1.807, 2.05) is 0 Å². The SMILES string of the molecule is CCCCCCCCCCCCCCCC(=O)O[C@H]1CC[C@@]2(C)C(=C[C@@H](O)[C@]3(C)[C@@H]2CC[C@]2(C)C(=O)CC[C@@H]32)C1. The molecule has 3 fully saturated rings. The second-order valence-corrected chi connectivity index (χ2v) is 14.8. The van der Waals surface area contributed by atoms with Gasteiger partial charge >= 0.3 is 5.97 Å². The number of rotatable bonds is 15. The van der Waals surface area contributed by atoms with E-state index in [1.54, 1.807) is 0 Å². The number of Topliss-reactive ketones (excluding diaryl/α,β-unsaturated/α-hetero) is 1. The molecule has 0 aliphatic heterocycles. The largest absolute Gasteiger partial charge is 0.462 e. The molecule has 228 valence electrons. The van der Waals surface area contributed by atoms with Crippen molar-refractivity contribution in [2.75, 3.05) is 0 Å². The van der Waals surface area contributed by atoms with Crippen molar-refractivity contribution >= 4 is 11.8 Å². The fourth-order valence-electron chi connectivity index (χ4n) is 9.66. The number of fused-ring (bicyclic) bond motifs is 5. The van der Waals surface area contributed by atoms with Crippen molar-refractivity contribution in [3.8, 4) is 0 Å². The van der Waals surface area contributed by atoms with Gasteiger partial charge in [-0.3, -0.25) is 9.59 Å². The molecule has 0 saturated heterocycles. The standard InChI is InChI=1S/C36H60O4/c1-5-6-7-8-9-10-11-12-13-14-15-16-17-18-33(39)40-28-21-23-34(2)27(25-28)26-32(38)36(4)29-19-20-31(37)35(29,3)24-22-30(34)36/h26,28-30,32,38H,5-25H2,1-4H3/t28-,29+,30+,32+,34-,35-,36-/m0/s1. The van der Waals surface area contributed by atoms with Crippen LogP contribution in [0.5, 0.6) is 0 Å². The van der Waals surface area contributed by atoms with Crippen LogP contribution in [0.3, 0.4) is 0 Å². The summed E-state index contributed by atoms with van der Waals surface area (Å²) in [5.74, 6) is 0.993. The molecule has 0 heterocycles. The highest BCUT2D eigenvalue weighted by molar-refractivity contribution is 5.87. The van der Waals surface area contributed by atoms with Gasteiger partial charge in [0, 0.05) is 30.1 Å². The van der Waals surface area contributed by atoms with Gasteiger partial charge in [0.2, 0.25) is 0 Å². The highest BCUT2D eigenvalue weighted by Crippen LogP contribution is 2.69. The molecule has 0 aromatic carbocycles. The van der Waals surface area contributed by atoms with Crippen molar-refractivity contribution in [2.45, 2.75) is 175 Å². The molecule has 0 amide bonds. The molecule has 4 heteroatoms. The number of carbonyl (C=O) groups is 2. The van der Waals surface area contributed by atoms with Gasteiger partial charge < -0.3 is 9.84 Å². The van der Waals surface area contributed by atoms with Gasteiger partial charge in [0.1, 0.15) is 11.9 Å². The smallest absolute Gasteiger partial charge is 0.306 e. The Kier molecular flexibility index (Phi) is 11.0. The van der Waals surface area contributed by atoms with Crippen molar-refractivity contribution in [3.05, 3.63) is 11.6 Å². The third-order valence-electron chi connectivity index (χ3n) is 12.2. The molecule has 4 nitrogen and oxygen atoms in total. The lowest BCUT2D eigenvalue weighted by atomic mass is 9.41. The molecule has 0 aromatic heterocycles. The van der Waals surface area contributed by atoms with Crippen LogP contribution < -0.4 is 0 Å². The number of aliphatic hydroxyl groups is 1. The highest BCUT2D eigenvalue weighted by atomic mass is 16.5. The second kappa shape index (κ2) is 13.9. The third kappa shape index (κ3) is 6.57. The molecule has 7 atom stereocenters. The summed E-state index contributed by atoms with van der Waals surface area (Å²) < 4.78 is 5.98. The molecule has 0 unspecified atom stereocenters. The lowest BCUT2D eigenvalue weighted by Gasteiger charge is -2.63. The van der Waals surface area contributed by atoms with Crippen LogP contribution in [0.4, 0.5) is 0 Å². The van der Waals surface area contributed by atoms with Crippen molar-refractivity contribution in [1.82, 2.24) is 0 Å². The summed E-state index contributed by atoms with van der Waals surface area (Å²) in [5, 5.41) is 11.5. The van der Waals surface area contributed by atoms with Crippen LogP contribution in [0.15, 0.2) is 11.6 Å². The fraction of sp³-hybridized carbons (Fsp3) is 0.889. The summed E-state index contributed by atoms with van der Waals surface area (Å²) in [6.45, 7) is 9.09. The van der Waals surface area contributed by atoms with Gasteiger partial charge in [0.15, 0.2) is 0 Å². The Morgan fingerprint density at radius 3 is 2.00 bits per heavy atom. The van der Waals surface area contributed by atoms with E-state index < -0.39 is 6.10 Å². The molecule has 3 saturated carbocycles. The normalized spacial score (nSPS) is 36.9. The number of hydrogen-bond donors (Lipinski definition) is 1. The average molecular weight is 557 g/mol. The van der Waals surface area contributed by atoms with E-state index in [4.69, 9.17) is 4.74 Å². The van der Waals surface area contributed by atoms with Crippen molar-refractivity contribution in [1.29, 1.82) is 0 Å². The van der Waals surface area contributed by atoms with E-state index in [0.717, 1.165) is 51.4 Å². The van der Waals surface area contributed by atoms with Gasteiger partial charge in [-0.25, -0.2) is 0 Å². The highest BCUT2D eigenvalue weighted by Gasteiger charge is 2.66.